The fourth-order valence-corrected chi connectivity index (χ4v) is 2.18. The van der Waals surface area contributed by atoms with E-state index in [-0.39, 0.29) is 0 Å². The summed E-state index contributed by atoms with van der Waals surface area (Å²) in [4.78, 5) is 8.21. The molecule has 2 aromatic heterocycles. The highest BCUT2D eigenvalue weighted by molar-refractivity contribution is 6.30. The molecule has 0 unspecified atom stereocenters. The van der Waals surface area contributed by atoms with Crippen molar-refractivity contribution in [2.45, 2.75) is 0 Å². The van der Waals surface area contributed by atoms with Crippen molar-refractivity contribution in [1.29, 1.82) is 0 Å². The van der Waals surface area contributed by atoms with Gasteiger partial charge in [0.1, 0.15) is 5.82 Å². The Labute approximate surface area is 109 Å². The average Bonchev–Trinajstić information content (AvgIpc) is 2.41. The molecule has 88 valence electrons. The molecule has 3 aromatic rings. The molecule has 0 aliphatic rings. The number of halogens is 1. The molecule has 0 saturated carbocycles. The predicted octanol–water partition coefficient (Wildman–Crippen LogP) is 3.53. The topological polar surface area (TPSA) is 51.8 Å². The van der Waals surface area contributed by atoms with E-state index in [1.807, 2.05) is 36.5 Å². The molecule has 3 nitrogen and oxygen atoms in total. The number of nitrogens with two attached hydrogens (primary N) is 1. The Morgan fingerprint density at radius 2 is 1.94 bits per heavy atom. The molecule has 0 atom stereocenters. The molecule has 0 aliphatic carbocycles. The van der Waals surface area contributed by atoms with Gasteiger partial charge in [-0.05, 0) is 23.1 Å². The number of anilines is 1. The van der Waals surface area contributed by atoms with Crippen molar-refractivity contribution in [3.63, 3.8) is 0 Å². The highest BCUT2D eigenvalue weighted by atomic mass is 35.5. The van der Waals surface area contributed by atoms with E-state index in [1.54, 1.807) is 12.4 Å². The van der Waals surface area contributed by atoms with Crippen LogP contribution in [0.15, 0.2) is 48.9 Å². The van der Waals surface area contributed by atoms with Gasteiger partial charge in [0.15, 0.2) is 0 Å². The fraction of sp³-hybridized carbons (Fsp3) is 0. The van der Waals surface area contributed by atoms with Gasteiger partial charge in [0.05, 0.1) is 5.02 Å². The van der Waals surface area contributed by atoms with Gasteiger partial charge in [-0.2, -0.15) is 0 Å². The van der Waals surface area contributed by atoms with Gasteiger partial charge in [0, 0.05) is 29.5 Å². The lowest BCUT2D eigenvalue weighted by Crippen LogP contribution is -1.94. The summed E-state index contributed by atoms with van der Waals surface area (Å²) >= 11 is 5.99. The third-order valence-corrected chi connectivity index (χ3v) is 3.06. The second-order valence-electron chi connectivity index (χ2n) is 3.99. The Kier molecular flexibility index (Phi) is 2.61. The average molecular weight is 256 g/mol. The van der Waals surface area contributed by atoms with E-state index in [2.05, 4.69) is 9.97 Å². The molecule has 1 aromatic carbocycles. The number of aromatic nitrogens is 2. The second kappa shape index (κ2) is 4.27. The van der Waals surface area contributed by atoms with Gasteiger partial charge in [-0.1, -0.05) is 29.8 Å². The Balaban J connectivity index is 2.35. The van der Waals surface area contributed by atoms with Crippen LogP contribution in [0.5, 0.6) is 0 Å². The molecule has 18 heavy (non-hydrogen) atoms. The van der Waals surface area contributed by atoms with Crippen molar-refractivity contribution in [2.75, 3.05) is 5.73 Å². The van der Waals surface area contributed by atoms with E-state index in [0.29, 0.717) is 10.8 Å². The molecule has 0 spiro atoms. The van der Waals surface area contributed by atoms with Crippen LogP contribution in [0.2, 0.25) is 5.02 Å². The summed E-state index contributed by atoms with van der Waals surface area (Å²) in [5.74, 6) is 0.476. The van der Waals surface area contributed by atoms with Crippen LogP contribution in [0, 0.1) is 0 Å². The molecule has 2 heterocycles. The minimum Gasteiger partial charge on any atom is -0.383 e. The largest absolute Gasteiger partial charge is 0.383 e. The van der Waals surface area contributed by atoms with E-state index in [9.17, 15) is 0 Å². The monoisotopic (exact) mass is 255 g/mol. The maximum atomic E-state index is 5.99. The second-order valence-corrected chi connectivity index (χ2v) is 4.43. The lowest BCUT2D eigenvalue weighted by atomic mass is 10.0. The molecule has 0 aliphatic heterocycles. The zero-order chi connectivity index (χ0) is 12.5. The normalized spacial score (nSPS) is 10.7. The zero-order valence-electron chi connectivity index (χ0n) is 9.47. The Hall–Kier alpha value is -2.13. The van der Waals surface area contributed by atoms with Crippen LogP contribution in [0.25, 0.3) is 21.9 Å². The first-order valence-corrected chi connectivity index (χ1v) is 5.87. The Morgan fingerprint density at radius 1 is 1.06 bits per heavy atom. The number of nitrogens with zero attached hydrogens (tertiary/aromatic N) is 2. The number of hydrogen-bond acceptors (Lipinski definition) is 3. The third kappa shape index (κ3) is 1.79. The zero-order valence-corrected chi connectivity index (χ0v) is 10.2. The molecule has 3 rings (SSSR count). The molecule has 0 radical (unpaired) electrons. The van der Waals surface area contributed by atoms with Crippen LogP contribution in [-0.4, -0.2) is 9.97 Å². The lowest BCUT2D eigenvalue weighted by molar-refractivity contribution is 1.33. The number of nitrogen functional groups attached to an aromatic ring is 1. The van der Waals surface area contributed by atoms with Gasteiger partial charge in [-0.25, -0.2) is 4.98 Å². The van der Waals surface area contributed by atoms with Gasteiger partial charge < -0.3 is 5.73 Å². The van der Waals surface area contributed by atoms with Crippen LogP contribution >= 0.6 is 11.6 Å². The fourth-order valence-electron chi connectivity index (χ4n) is 2.02. The van der Waals surface area contributed by atoms with Crippen LogP contribution < -0.4 is 5.73 Å². The summed E-state index contributed by atoms with van der Waals surface area (Å²) in [5, 5.41) is 2.72. The number of benzene rings is 1. The first kappa shape index (κ1) is 11.0. The van der Waals surface area contributed by atoms with Crippen molar-refractivity contribution >= 4 is 28.2 Å². The Morgan fingerprint density at radius 3 is 2.83 bits per heavy atom. The molecule has 0 bridgehead atoms. The van der Waals surface area contributed by atoms with Gasteiger partial charge >= 0.3 is 0 Å². The molecule has 2 N–H and O–H groups in total. The van der Waals surface area contributed by atoms with Gasteiger partial charge in [-0.15, -0.1) is 0 Å². The first-order valence-electron chi connectivity index (χ1n) is 5.50. The lowest BCUT2D eigenvalue weighted by Gasteiger charge is -2.08. The highest BCUT2D eigenvalue weighted by Crippen LogP contribution is 2.32. The van der Waals surface area contributed by atoms with E-state index in [0.717, 1.165) is 21.9 Å². The number of pyridine rings is 2. The van der Waals surface area contributed by atoms with E-state index >= 15 is 0 Å². The summed E-state index contributed by atoms with van der Waals surface area (Å²) in [7, 11) is 0. The smallest absolute Gasteiger partial charge is 0.131 e. The van der Waals surface area contributed by atoms with Gasteiger partial charge in [0.2, 0.25) is 0 Å². The maximum Gasteiger partial charge on any atom is 0.131 e. The van der Waals surface area contributed by atoms with E-state index in [4.69, 9.17) is 17.3 Å². The SMILES string of the molecule is Nc1ncc(Cl)cc1-c1cccc2cnccc12. The number of fused-ring (bicyclic) bond motifs is 1. The van der Waals surface area contributed by atoms with Crippen LogP contribution in [0.1, 0.15) is 0 Å². The minimum atomic E-state index is 0.476. The summed E-state index contributed by atoms with van der Waals surface area (Å²) in [6.07, 6.45) is 5.14. The van der Waals surface area contributed by atoms with Crippen molar-refractivity contribution in [3.8, 4) is 11.1 Å². The van der Waals surface area contributed by atoms with Gasteiger partial charge in [0.25, 0.3) is 0 Å². The molecular weight excluding hydrogens is 246 g/mol. The summed E-state index contributed by atoms with van der Waals surface area (Å²) in [5.41, 5.74) is 7.79. The molecule has 4 heteroatoms. The van der Waals surface area contributed by atoms with Crippen LogP contribution in [0.4, 0.5) is 5.82 Å². The summed E-state index contributed by atoms with van der Waals surface area (Å²) in [6, 6.07) is 9.79. The standard InChI is InChI=1S/C14H10ClN3/c15-10-6-13(14(16)18-8-10)12-3-1-2-9-7-17-5-4-11(9)12/h1-8H,(H2,16,18). The predicted molar refractivity (Wildman–Crippen MR) is 74.4 cm³/mol. The Bertz CT molecular complexity index is 720. The third-order valence-electron chi connectivity index (χ3n) is 2.86. The van der Waals surface area contributed by atoms with Crippen LogP contribution in [-0.2, 0) is 0 Å². The van der Waals surface area contributed by atoms with E-state index in [1.165, 1.54) is 0 Å². The van der Waals surface area contributed by atoms with Crippen molar-refractivity contribution in [2.24, 2.45) is 0 Å². The summed E-state index contributed by atoms with van der Waals surface area (Å²) in [6.45, 7) is 0. The van der Waals surface area contributed by atoms with Gasteiger partial charge in [-0.3, -0.25) is 4.98 Å². The van der Waals surface area contributed by atoms with Crippen molar-refractivity contribution in [1.82, 2.24) is 9.97 Å². The minimum absolute atomic E-state index is 0.476. The maximum absolute atomic E-state index is 5.99. The molecule has 0 fully saturated rings. The van der Waals surface area contributed by atoms with Crippen molar-refractivity contribution in [3.05, 3.63) is 53.9 Å². The quantitative estimate of drug-likeness (QED) is 0.724. The van der Waals surface area contributed by atoms with E-state index < -0.39 is 0 Å². The first-order chi connectivity index (χ1) is 8.75. The summed E-state index contributed by atoms with van der Waals surface area (Å²) < 4.78 is 0. The van der Waals surface area contributed by atoms with Crippen molar-refractivity contribution < 1.29 is 0 Å². The number of rotatable bonds is 1. The highest BCUT2D eigenvalue weighted by Gasteiger charge is 2.08. The molecule has 0 amide bonds. The van der Waals surface area contributed by atoms with Crippen LogP contribution in [0.3, 0.4) is 0 Å². The molecular formula is C14H10ClN3. The number of hydrogen-bond donors (Lipinski definition) is 1. The molecule has 0 saturated heterocycles.